The maximum Gasteiger partial charge on any atom is 0.160 e. The molecule has 0 spiro atoms. The number of hydrogen-bond acceptors (Lipinski definition) is 2. The molecule has 20 heavy (non-hydrogen) atoms. The summed E-state index contributed by atoms with van der Waals surface area (Å²) in [5.41, 5.74) is 4.52. The van der Waals surface area contributed by atoms with Crippen molar-refractivity contribution in [3.8, 4) is 11.4 Å². The quantitative estimate of drug-likeness (QED) is 0.691. The third kappa shape index (κ3) is 2.42. The van der Waals surface area contributed by atoms with Crippen molar-refractivity contribution < 1.29 is 0 Å². The maximum atomic E-state index is 4.79. The molecule has 0 bridgehead atoms. The Morgan fingerprint density at radius 2 is 1.75 bits per heavy atom. The molecule has 0 radical (unpaired) electrons. The monoisotopic (exact) mass is 262 g/mol. The first-order valence-corrected chi connectivity index (χ1v) is 7.10. The molecule has 0 amide bonds. The summed E-state index contributed by atoms with van der Waals surface area (Å²) in [7, 11) is 0. The Kier molecular flexibility index (Phi) is 3.46. The van der Waals surface area contributed by atoms with Crippen LogP contribution in [0.25, 0.3) is 22.3 Å². The van der Waals surface area contributed by atoms with Crippen LogP contribution in [-0.4, -0.2) is 9.97 Å². The van der Waals surface area contributed by atoms with Gasteiger partial charge in [0.15, 0.2) is 5.82 Å². The zero-order chi connectivity index (χ0) is 13.9. The van der Waals surface area contributed by atoms with Crippen LogP contribution >= 0.6 is 0 Å². The Morgan fingerprint density at radius 3 is 2.50 bits per heavy atom. The van der Waals surface area contributed by atoms with E-state index in [1.807, 2.05) is 18.2 Å². The van der Waals surface area contributed by atoms with Gasteiger partial charge < -0.3 is 0 Å². The van der Waals surface area contributed by atoms with Crippen molar-refractivity contribution in [3.63, 3.8) is 0 Å². The highest BCUT2D eigenvalue weighted by Crippen LogP contribution is 2.23. The van der Waals surface area contributed by atoms with Crippen LogP contribution in [0.3, 0.4) is 0 Å². The maximum absolute atomic E-state index is 4.79. The molecular formula is C18H18N2. The summed E-state index contributed by atoms with van der Waals surface area (Å²) in [5.74, 6) is 0.824. The van der Waals surface area contributed by atoms with Crippen molar-refractivity contribution in [2.75, 3.05) is 0 Å². The fourth-order valence-corrected chi connectivity index (χ4v) is 2.45. The van der Waals surface area contributed by atoms with Gasteiger partial charge in [0.25, 0.3) is 0 Å². The fraction of sp³-hybridized carbons (Fsp3) is 0.222. The average Bonchev–Trinajstić information content (AvgIpc) is 2.49. The Morgan fingerprint density at radius 1 is 0.950 bits per heavy atom. The van der Waals surface area contributed by atoms with Crippen molar-refractivity contribution >= 4 is 10.9 Å². The van der Waals surface area contributed by atoms with Crippen LogP contribution in [-0.2, 0) is 6.42 Å². The molecule has 3 rings (SSSR count). The standard InChI is InChI=1S/C18H18N2/c1-3-7-16-15-12-13(2)10-11-17(15)20-18(19-16)14-8-5-4-6-9-14/h4-6,8-12H,3,7H2,1-2H3. The lowest BCUT2D eigenvalue weighted by Gasteiger charge is -2.09. The number of benzene rings is 2. The summed E-state index contributed by atoms with van der Waals surface area (Å²) in [6.45, 7) is 4.30. The molecule has 0 N–H and O–H groups in total. The van der Waals surface area contributed by atoms with Gasteiger partial charge in [0, 0.05) is 10.9 Å². The third-order valence-electron chi connectivity index (χ3n) is 3.45. The normalized spacial score (nSPS) is 10.9. The second kappa shape index (κ2) is 5.41. The van der Waals surface area contributed by atoms with Crippen molar-refractivity contribution in [2.24, 2.45) is 0 Å². The Hall–Kier alpha value is -2.22. The molecular weight excluding hydrogens is 244 g/mol. The van der Waals surface area contributed by atoms with E-state index in [2.05, 4.69) is 44.2 Å². The number of nitrogens with zero attached hydrogens (tertiary/aromatic N) is 2. The van der Waals surface area contributed by atoms with Crippen LogP contribution in [0.4, 0.5) is 0 Å². The first kappa shape index (κ1) is 12.8. The van der Waals surface area contributed by atoms with E-state index in [9.17, 15) is 0 Å². The van der Waals surface area contributed by atoms with Gasteiger partial charge in [-0.1, -0.05) is 55.3 Å². The van der Waals surface area contributed by atoms with E-state index in [4.69, 9.17) is 9.97 Å². The minimum Gasteiger partial charge on any atom is -0.232 e. The van der Waals surface area contributed by atoms with E-state index in [0.717, 1.165) is 35.4 Å². The molecule has 0 saturated carbocycles. The molecule has 0 saturated heterocycles. The summed E-state index contributed by atoms with van der Waals surface area (Å²) in [6.07, 6.45) is 2.08. The summed E-state index contributed by atoms with van der Waals surface area (Å²) < 4.78 is 0. The van der Waals surface area contributed by atoms with Crippen molar-refractivity contribution in [1.29, 1.82) is 0 Å². The highest BCUT2D eigenvalue weighted by molar-refractivity contribution is 5.83. The summed E-state index contributed by atoms with van der Waals surface area (Å²) >= 11 is 0. The number of aromatic nitrogens is 2. The molecule has 0 aliphatic heterocycles. The minimum absolute atomic E-state index is 0.824. The van der Waals surface area contributed by atoms with Gasteiger partial charge in [0.05, 0.1) is 11.2 Å². The van der Waals surface area contributed by atoms with Gasteiger partial charge in [-0.25, -0.2) is 9.97 Å². The summed E-state index contributed by atoms with van der Waals surface area (Å²) in [5, 5.41) is 1.19. The molecule has 3 aromatic rings. The van der Waals surface area contributed by atoms with Gasteiger partial charge in [-0.05, 0) is 25.5 Å². The van der Waals surface area contributed by atoms with E-state index in [1.54, 1.807) is 0 Å². The Bertz CT molecular complexity index is 733. The van der Waals surface area contributed by atoms with E-state index in [0.29, 0.717) is 0 Å². The topological polar surface area (TPSA) is 25.8 Å². The molecule has 0 aliphatic carbocycles. The second-order valence-corrected chi connectivity index (χ2v) is 5.13. The van der Waals surface area contributed by atoms with E-state index in [-0.39, 0.29) is 0 Å². The first-order chi connectivity index (χ1) is 9.78. The van der Waals surface area contributed by atoms with Crippen LogP contribution in [0.2, 0.25) is 0 Å². The molecule has 2 heteroatoms. The number of rotatable bonds is 3. The average molecular weight is 262 g/mol. The van der Waals surface area contributed by atoms with E-state index < -0.39 is 0 Å². The van der Waals surface area contributed by atoms with Gasteiger partial charge in [0.2, 0.25) is 0 Å². The zero-order valence-corrected chi connectivity index (χ0v) is 11.9. The molecule has 2 aromatic carbocycles. The molecule has 100 valence electrons. The Balaban J connectivity index is 2.23. The second-order valence-electron chi connectivity index (χ2n) is 5.13. The van der Waals surface area contributed by atoms with Gasteiger partial charge >= 0.3 is 0 Å². The largest absolute Gasteiger partial charge is 0.232 e. The van der Waals surface area contributed by atoms with Gasteiger partial charge in [-0.3, -0.25) is 0 Å². The third-order valence-corrected chi connectivity index (χ3v) is 3.45. The smallest absolute Gasteiger partial charge is 0.160 e. The van der Waals surface area contributed by atoms with Crippen molar-refractivity contribution in [3.05, 3.63) is 59.8 Å². The molecule has 0 fully saturated rings. The lowest BCUT2D eigenvalue weighted by molar-refractivity contribution is 0.888. The van der Waals surface area contributed by atoms with Crippen molar-refractivity contribution in [1.82, 2.24) is 9.97 Å². The van der Waals surface area contributed by atoms with E-state index >= 15 is 0 Å². The lowest BCUT2D eigenvalue weighted by Crippen LogP contribution is -1.98. The van der Waals surface area contributed by atoms with Gasteiger partial charge in [-0.15, -0.1) is 0 Å². The molecule has 2 nitrogen and oxygen atoms in total. The number of hydrogen-bond donors (Lipinski definition) is 0. The van der Waals surface area contributed by atoms with E-state index in [1.165, 1.54) is 10.9 Å². The number of aryl methyl sites for hydroxylation is 2. The highest BCUT2D eigenvalue weighted by Gasteiger charge is 2.08. The lowest BCUT2D eigenvalue weighted by atomic mass is 10.1. The van der Waals surface area contributed by atoms with Crippen LogP contribution in [0.15, 0.2) is 48.5 Å². The molecule has 0 atom stereocenters. The molecule has 0 aliphatic rings. The zero-order valence-electron chi connectivity index (χ0n) is 11.9. The van der Waals surface area contributed by atoms with Crippen LogP contribution in [0.5, 0.6) is 0 Å². The van der Waals surface area contributed by atoms with Gasteiger partial charge in [-0.2, -0.15) is 0 Å². The molecule has 1 aromatic heterocycles. The fourth-order valence-electron chi connectivity index (χ4n) is 2.45. The Labute approximate surface area is 119 Å². The predicted molar refractivity (Wildman–Crippen MR) is 83.7 cm³/mol. The molecule has 0 unspecified atom stereocenters. The minimum atomic E-state index is 0.824. The van der Waals surface area contributed by atoms with Crippen LogP contribution in [0.1, 0.15) is 24.6 Å². The first-order valence-electron chi connectivity index (χ1n) is 7.10. The van der Waals surface area contributed by atoms with Crippen molar-refractivity contribution in [2.45, 2.75) is 26.7 Å². The number of fused-ring (bicyclic) bond motifs is 1. The van der Waals surface area contributed by atoms with Crippen LogP contribution in [0, 0.1) is 6.92 Å². The highest BCUT2D eigenvalue weighted by atomic mass is 14.9. The van der Waals surface area contributed by atoms with Gasteiger partial charge in [0.1, 0.15) is 0 Å². The predicted octanol–water partition coefficient (Wildman–Crippen LogP) is 4.56. The summed E-state index contributed by atoms with van der Waals surface area (Å²) in [4.78, 5) is 9.51. The van der Waals surface area contributed by atoms with Crippen LogP contribution < -0.4 is 0 Å². The SMILES string of the molecule is CCCc1nc(-c2ccccc2)nc2ccc(C)cc12. The molecule has 1 heterocycles. The summed E-state index contributed by atoms with van der Waals surface area (Å²) in [6, 6.07) is 16.6.